The average Bonchev–Trinajstić information content (AvgIpc) is 3.48. The summed E-state index contributed by atoms with van der Waals surface area (Å²) in [6.07, 6.45) is -4.48. The van der Waals surface area contributed by atoms with Crippen molar-refractivity contribution in [1.29, 1.82) is 0 Å². The van der Waals surface area contributed by atoms with Gasteiger partial charge in [-0.3, -0.25) is 9.69 Å². The first kappa shape index (κ1) is 29.5. The van der Waals surface area contributed by atoms with Crippen molar-refractivity contribution in [3.05, 3.63) is 87.9 Å². The quantitative estimate of drug-likeness (QED) is 0.229. The number of hydrogen-bond acceptors (Lipinski definition) is 6. The van der Waals surface area contributed by atoms with Gasteiger partial charge >= 0.3 is 12.3 Å². The number of aryl methyl sites for hydroxylation is 1. The highest BCUT2D eigenvalue weighted by molar-refractivity contribution is 9.10. The van der Waals surface area contributed by atoms with Crippen molar-refractivity contribution in [2.24, 2.45) is 12.8 Å². The van der Waals surface area contributed by atoms with E-state index in [-0.39, 0.29) is 28.4 Å². The van der Waals surface area contributed by atoms with Crippen LogP contribution in [-0.2, 0) is 19.8 Å². The van der Waals surface area contributed by atoms with E-state index in [9.17, 15) is 32.3 Å². The Bertz CT molecular complexity index is 1590. The molecule has 0 aliphatic rings. The van der Waals surface area contributed by atoms with Crippen LogP contribution in [0.15, 0.2) is 58.0 Å². The van der Waals surface area contributed by atoms with Crippen LogP contribution in [0.3, 0.4) is 0 Å². The number of alkyl halides is 3. The van der Waals surface area contributed by atoms with Gasteiger partial charge in [-0.05, 0) is 40.2 Å². The number of oxazole rings is 1. The summed E-state index contributed by atoms with van der Waals surface area (Å²) in [4.78, 5) is 32.9. The van der Waals surface area contributed by atoms with Gasteiger partial charge in [-0.25, -0.2) is 23.5 Å². The molecule has 2 heterocycles. The summed E-state index contributed by atoms with van der Waals surface area (Å²) in [6.45, 7) is -0.768. The van der Waals surface area contributed by atoms with Crippen molar-refractivity contribution in [3.63, 3.8) is 0 Å². The topological polar surface area (TPSA) is 137 Å². The number of carbonyl (C=O) groups excluding carboxylic acids is 1. The van der Waals surface area contributed by atoms with Gasteiger partial charge in [0, 0.05) is 18.8 Å². The molecule has 3 N–H and O–H groups in total. The summed E-state index contributed by atoms with van der Waals surface area (Å²) >= 11 is 3.14. The molecular weight excluding hydrogens is 625 g/mol. The van der Waals surface area contributed by atoms with E-state index in [2.05, 4.69) is 25.9 Å². The van der Waals surface area contributed by atoms with Crippen LogP contribution >= 0.6 is 15.9 Å². The summed E-state index contributed by atoms with van der Waals surface area (Å²) in [6, 6.07) is 5.56. The molecule has 0 bridgehead atoms. The number of carbonyl (C=O) groups is 2. The fourth-order valence-electron chi connectivity index (χ4n) is 3.77. The van der Waals surface area contributed by atoms with E-state index in [1.165, 1.54) is 6.33 Å². The third kappa shape index (κ3) is 6.65. The van der Waals surface area contributed by atoms with Crippen LogP contribution in [-0.4, -0.2) is 43.1 Å². The molecule has 1 atom stereocenters. The molecule has 4 aromatic rings. The zero-order valence-corrected chi connectivity index (χ0v) is 22.4. The van der Waals surface area contributed by atoms with Crippen molar-refractivity contribution in [3.8, 4) is 17.0 Å². The summed E-state index contributed by atoms with van der Waals surface area (Å²) in [5, 5.41) is 9.84. The highest BCUT2D eigenvalue weighted by Gasteiger charge is 2.32. The first-order valence-electron chi connectivity index (χ1n) is 11.5. The molecule has 16 heteroatoms. The number of ether oxygens (including phenoxy) is 1. The summed E-state index contributed by atoms with van der Waals surface area (Å²) in [5.74, 6) is -5.08. The maximum atomic E-state index is 15.0. The number of benzene rings is 2. The molecule has 10 nitrogen and oxygen atoms in total. The van der Waals surface area contributed by atoms with Gasteiger partial charge in [0.1, 0.15) is 17.1 Å². The molecule has 0 radical (unpaired) electrons. The van der Waals surface area contributed by atoms with E-state index in [0.717, 1.165) is 41.3 Å². The molecular formula is C25H19BrF5N5O5. The first-order valence-corrected chi connectivity index (χ1v) is 12.3. The first-order chi connectivity index (χ1) is 19.2. The number of hydrogen-bond donors (Lipinski definition) is 2. The van der Waals surface area contributed by atoms with Crippen molar-refractivity contribution in [2.75, 3.05) is 6.54 Å². The lowest BCUT2D eigenvalue weighted by atomic mass is 10.1. The van der Waals surface area contributed by atoms with Gasteiger partial charge in [0.15, 0.2) is 22.3 Å². The van der Waals surface area contributed by atoms with E-state index < -0.39 is 59.3 Å². The number of nitrogens with two attached hydrogens (primary N) is 1. The smallest absolute Gasteiger partial charge is 0.416 e. The molecule has 41 heavy (non-hydrogen) atoms. The average molecular weight is 644 g/mol. The Labute approximate surface area is 236 Å². The Hall–Kier alpha value is -4.47. The molecule has 0 saturated carbocycles. The van der Waals surface area contributed by atoms with E-state index >= 15 is 4.39 Å². The Kier molecular flexibility index (Phi) is 8.32. The summed E-state index contributed by atoms with van der Waals surface area (Å²) in [5.41, 5.74) is 3.70. The molecule has 4 rings (SSSR count). The zero-order valence-electron chi connectivity index (χ0n) is 20.8. The van der Waals surface area contributed by atoms with Crippen LogP contribution in [0.4, 0.5) is 26.7 Å². The maximum Gasteiger partial charge on any atom is 0.416 e. The number of nitrogens with zero attached hydrogens (tertiary/aromatic N) is 4. The van der Waals surface area contributed by atoms with Gasteiger partial charge in [0.05, 0.1) is 30.7 Å². The third-order valence-electron chi connectivity index (χ3n) is 5.70. The molecule has 0 aliphatic carbocycles. The fourth-order valence-corrected chi connectivity index (χ4v) is 4.26. The number of aromatic nitrogens is 3. The molecule has 0 fully saturated rings. The number of rotatable bonds is 9. The van der Waals surface area contributed by atoms with Crippen molar-refractivity contribution >= 4 is 27.9 Å². The molecule has 216 valence electrons. The lowest BCUT2D eigenvalue weighted by Gasteiger charge is -2.24. The highest BCUT2D eigenvalue weighted by Crippen LogP contribution is 2.36. The van der Waals surface area contributed by atoms with Crippen LogP contribution in [0.1, 0.15) is 33.6 Å². The van der Waals surface area contributed by atoms with Crippen LogP contribution in [0.2, 0.25) is 0 Å². The minimum absolute atomic E-state index is 0.0336. The number of imidazole rings is 1. The molecule has 0 saturated heterocycles. The maximum absolute atomic E-state index is 15.0. The van der Waals surface area contributed by atoms with E-state index in [0.29, 0.717) is 5.69 Å². The second-order valence-corrected chi connectivity index (χ2v) is 9.37. The Morgan fingerprint density at radius 3 is 2.44 bits per heavy atom. The van der Waals surface area contributed by atoms with Gasteiger partial charge in [0.25, 0.3) is 5.91 Å². The second kappa shape index (κ2) is 11.6. The second-order valence-electron chi connectivity index (χ2n) is 8.65. The molecule has 1 unspecified atom stereocenters. The SMILES string of the molecule is Cn1cnc(CN(CC(Oc2ccc(F)c(C(N)=O)c2F)c2nc(-c3ccc(C(F)(F)F)cc3)c(Br)o2)C(=O)O)c1. The summed E-state index contributed by atoms with van der Waals surface area (Å²) in [7, 11) is 1.67. The number of carboxylic acid groups (broad SMARTS) is 1. The van der Waals surface area contributed by atoms with Crippen molar-refractivity contribution < 1.29 is 45.8 Å². The standard InChI is InChI=1S/C25H19BrF5N5O5/c1-35-8-14(33-11-35)9-36(24(38)39)10-17(40-16-7-6-15(27)18(19(16)28)22(32)37)23-34-20(21(26)41-23)12-2-4-13(5-3-12)25(29,30)31/h2-8,11,17H,9-10H2,1H3,(H2,32,37)(H,38,39). The zero-order chi connectivity index (χ0) is 30.1. The van der Waals surface area contributed by atoms with Gasteiger partial charge in [-0.2, -0.15) is 13.2 Å². The predicted octanol–water partition coefficient (Wildman–Crippen LogP) is 5.53. The number of amides is 2. The Balaban J connectivity index is 1.74. The van der Waals surface area contributed by atoms with Gasteiger partial charge in [-0.15, -0.1) is 0 Å². The molecule has 0 aliphatic heterocycles. The molecule has 2 aromatic heterocycles. The van der Waals surface area contributed by atoms with Crippen LogP contribution < -0.4 is 10.5 Å². The lowest BCUT2D eigenvalue weighted by molar-refractivity contribution is -0.137. The fraction of sp³-hybridized carbons (Fsp3) is 0.200. The Morgan fingerprint density at radius 1 is 1.20 bits per heavy atom. The number of primary amides is 1. The van der Waals surface area contributed by atoms with E-state index in [1.54, 1.807) is 17.8 Å². The van der Waals surface area contributed by atoms with Crippen LogP contribution in [0.5, 0.6) is 5.75 Å². The lowest BCUT2D eigenvalue weighted by Crippen LogP contribution is -2.35. The monoisotopic (exact) mass is 643 g/mol. The van der Waals surface area contributed by atoms with Gasteiger partial charge < -0.3 is 24.6 Å². The van der Waals surface area contributed by atoms with Crippen molar-refractivity contribution in [1.82, 2.24) is 19.4 Å². The van der Waals surface area contributed by atoms with E-state index in [1.807, 2.05) is 0 Å². The molecule has 2 aromatic carbocycles. The number of halogens is 6. The van der Waals surface area contributed by atoms with Crippen molar-refractivity contribution in [2.45, 2.75) is 18.8 Å². The van der Waals surface area contributed by atoms with Gasteiger partial charge in [-0.1, -0.05) is 12.1 Å². The normalized spacial score (nSPS) is 12.3. The predicted molar refractivity (Wildman–Crippen MR) is 135 cm³/mol. The molecule has 0 spiro atoms. The van der Waals surface area contributed by atoms with Crippen LogP contribution in [0.25, 0.3) is 11.3 Å². The largest absolute Gasteiger partial charge is 0.476 e. The molecule has 2 amide bonds. The van der Waals surface area contributed by atoms with E-state index in [4.69, 9.17) is 14.9 Å². The minimum Gasteiger partial charge on any atom is -0.476 e. The Morgan fingerprint density at radius 2 is 1.88 bits per heavy atom. The third-order valence-corrected chi connectivity index (χ3v) is 6.24. The van der Waals surface area contributed by atoms with Crippen LogP contribution in [0, 0.1) is 11.6 Å². The summed E-state index contributed by atoms with van der Waals surface area (Å²) < 4.78 is 80.9. The minimum atomic E-state index is -4.57. The highest BCUT2D eigenvalue weighted by atomic mass is 79.9. The van der Waals surface area contributed by atoms with Gasteiger partial charge in [0.2, 0.25) is 5.89 Å².